The Morgan fingerprint density at radius 3 is 2.80 bits per heavy atom. The SMILES string of the molecule is O=S(=O)(O)c1ccc(Br)cc1-c1nnc(SCCF)o1. The van der Waals surface area contributed by atoms with Gasteiger partial charge in [0.15, 0.2) is 0 Å². The first-order valence-electron chi connectivity index (χ1n) is 5.21. The van der Waals surface area contributed by atoms with Gasteiger partial charge in [-0.05, 0) is 18.2 Å². The molecule has 0 fully saturated rings. The standard InChI is InChI=1S/C10H8BrFN2O4S2/c11-6-1-2-8(20(15,16)17)7(5-6)9-13-14-10(18-9)19-4-3-12/h1-2,5H,3-4H2,(H,15,16,17). The van der Waals surface area contributed by atoms with Gasteiger partial charge in [-0.2, -0.15) is 8.42 Å². The minimum atomic E-state index is -4.42. The van der Waals surface area contributed by atoms with E-state index in [9.17, 15) is 17.4 Å². The molecule has 0 radical (unpaired) electrons. The van der Waals surface area contributed by atoms with Gasteiger partial charge in [0.2, 0.25) is 5.89 Å². The molecule has 0 unspecified atom stereocenters. The van der Waals surface area contributed by atoms with E-state index in [1.807, 2.05) is 0 Å². The summed E-state index contributed by atoms with van der Waals surface area (Å²) in [5.41, 5.74) is 0.0708. The van der Waals surface area contributed by atoms with Gasteiger partial charge in [-0.25, -0.2) is 0 Å². The first kappa shape index (κ1) is 15.4. The van der Waals surface area contributed by atoms with Crippen LogP contribution in [-0.2, 0) is 10.1 Å². The molecule has 1 aromatic carbocycles. The second kappa shape index (κ2) is 6.20. The Bertz CT molecular complexity index is 720. The van der Waals surface area contributed by atoms with E-state index >= 15 is 0 Å². The van der Waals surface area contributed by atoms with Crippen molar-refractivity contribution in [1.82, 2.24) is 10.2 Å². The Balaban J connectivity index is 2.46. The lowest BCUT2D eigenvalue weighted by atomic mass is 10.2. The molecule has 108 valence electrons. The summed E-state index contributed by atoms with van der Waals surface area (Å²) in [6.45, 7) is -0.546. The van der Waals surface area contributed by atoms with Crippen LogP contribution in [0, 0.1) is 0 Å². The molecule has 1 heterocycles. The van der Waals surface area contributed by atoms with Crippen molar-refractivity contribution in [2.75, 3.05) is 12.4 Å². The third kappa shape index (κ3) is 3.57. The lowest BCUT2D eigenvalue weighted by Gasteiger charge is -2.03. The summed E-state index contributed by atoms with van der Waals surface area (Å²) in [4.78, 5) is -0.341. The zero-order valence-electron chi connectivity index (χ0n) is 9.79. The van der Waals surface area contributed by atoms with Gasteiger partial charge >= 0.3 is 0 Å². The van der Waals surface area contributed by atoms with E-state index in [4.69, 9.17) is 4.42 Å². The van der Waals surface area contributed by atoms with Crippen LogP contribution in [0.1, 0.15) is 0 Å². The molecule has 1 aromatic heterocycles. The van der Waals surface area contributed by atoms with E-state index < -0.39 is 16.8 Å². The molecule has 0 aliphatic rings. The third-order valence-corrected chi connectivity index (χ3v) is 4.33. The van der Waals surface area contributed by atoms with E-state index in [1.165, 1.54) is 18.2 Å². The van der Waals surface area contributed by atoms with E-state index in [1.54, 1.807) is 0 Å². The predicted octanol–water partition coefficient (Wildman–Crippen LogP) is 2.81. The van der Waals surface area contributed by atoms with Crippen molar-refractivity contribution in [2.24, 2.45) is 0 Å². The zero-order chi connectivity index (χ0) is 14.8. The van der Waals surface area contributed by atoms with Crippen molar-refractivity contribution in [3.63, 3.8) is 0 Å². The first-order valence-corrected chi connectivity index (χ1v) is 8.43. The molecule has 6 nitrogen and oxygen atoms in total. The quantitative estimate of drug-likeness (QED) is 0.627. The normalized spacial score (nSPS) is 11.8. The summed E-state index contributed by atoms with van der Waals surface area (Å²) in [6.07, 6.45) is 0. The Kier molecular flexibility index (Phi) is 4.78. The molecule has 1 N–H and O–H groups in total. The second-order valence-electron chi connectivity index (χ2n) is 3.53. The first-order chi connectivity index (χ1) is 9.41. The largest absolute Gasteiger partial charge is 0.411 e. The van der Waals surface area contributed by atoms with E-state index in [2.05, 4.69) is 26.1 Å². The van der Waals surface area contributed by atoms with Gasteiger partial charge in [0.25, 0.3) is 15.3 Å². The Morgan fingerprint density at radius 2 is 2.15 bits per heavy atom. The minimum absolute atomic E-state index is 0.0692. The number of hydrogen-bond acceptors (Lipinski definition) is 6. The molecule has 2 rings (SSSR count). The van der Waals surface area contributed by atoms with Crippen LogP contribution in [0.4, 0.5) is 4.39 Å². The van der Waals surface area contributed by atoms with Gasteiger partial charge in [0.05, 0.1) is 12.2 Å². The monoisotopic (exact) mass is 382 g/mol. The topological polar surface area (TPSA) is 93.3 Å². The fourth-order valence-electron chi connectivity index (χ4n) is 1.40. The van der Waals surface area contributed by atoms with Crippen LogP contribution in [0.3, 0.4) is 0 Å². The summed E-state index contributed by atoms with van der Waals surface area (Å²) < 4.78 is 49.7. The summed E-state index contributed by atoms with van der Waals surface area (Å²) in [7, 11) is -4.42. The van der Waals surface area contributed by atoms with Crippen molar-refractivity contribution in [3.05, 3.63) is 22.7 Å². The fraction of sp³-hybridized carbons (Fsp3) is 0.200. The number of nitrogens with zero attached hydrogens (tertiary/aromatic N) is 2. The minimum Gasteiger partial charge on any atom is -0.411 e. The lowest BCUT2D eigenvalue weighted by Crippen LogP contribution is -2.00. The van der Waals surface area contributed by atoms with Gasteiger partial charge < -0.3 is 4.42 Å². The average Bonchev–Trinajstić information content (AvgIpc) is 2.83. The van der Waals surface area contributed by atoms with Crippen LogP contribution in [0.2, 0.25) is 0 Å². The third-order valence-electron chi connectivity index (χ3n) is 2.16. The van der Waals surface area contributed by atoms with Gasteiger partial charge in [-0.3, -0.25) is 8.94 Å². The molecule has 0 saturated heterocycles. The number of halogens is 2. The molecular weight excluding hydrogens is 375 g/mol. The summed E-state index contributed by atoms with van der Waals surface area (Å²) in [6, 6.07) is 4.11. The van der Waals surface area contributed by atoms with Gasteiger partial charge in [0.1, 0.15) is 4.90 Å². The highest BCUT2D eigenvalue weighted by Gasteiger charge is 2.21. The van der Waals surface area contributed by atoms with Crippen LogP contribution in [0.5, 0.6) is 0 Å². The number of thioether (sulfide) groups is 1. The summed E-state index contributed by atoms with van der Waals surface area (Å²) in [5, 5.41) is 7.49. The van der Waals surface area contributed by atoms with Gasteiger partial charge in [0, 0.05) is 10.2 Å². The molecule has 0 spiro atoms. The van der Waals surface area contributed by atoms with Crippen LogP contribution >= 0.6 is 27.7 Å². The average molecular weight is 383 g/mol. The Morgan fingerprint density at radius 1 is 1.40 bits per heavy atom. The number of hydrogen-bond donors (Lipinski definition) is 1. The highest BCUT2D eigenvalue weighted by molar-refractivity contribution is 9.10. The van der Waals surface area contributed by atoms with Crippen molar-refractivity contribution in [2.45, 2.75) is 10.1 Å². The molecule has 0 aliphatic heterocycles. The molecule has 0 atom stereocenters. The van der Waals surface area contributed by atoms with Gasteiger partial charge in [-0.15, -0.1) is 10.2 Å². The van der Waals surface area contributed by atoms with E-state index in [0.717, 1.165) is 11.8 Å². The molecule has 10 heteroatoms. The molecular formula is C10H8BrFN2O4S2. The van der Waals surface area contributed by atoms with E-state index in [0.29, 0.717) is 4.47 Å². The second-order valence-corrected chi connectivity index (χ2v) is 6.88. The fourth-order valence-corrected chi connectivity index (χ4v) is 2.91. The molecule has 0 aliphatic carbocycles. The maximum absolute atomic E-state index is 12.1. The van der Waals surface area contributed by atoms with Crippen LogP contribution in [0.15, 0.2) is 37.2 Å². The Hall–Kier alpha value is -0.970. The number of alkyl halides is 1. The molecule has 0 amide bonds. The number of benzene rings is 1. The molecule has 2 aromatic rings. The maximum atomic E-state index is 12.1. The maximum Gasteiger partial charge on any atom is 0.295 e. The van der Waals surface area contributed by atoms with Crippen LogP contribution < -0.4 is 0 Å². The summed E-state index contributed by atoms with van der Waals surface area (Å²) >= 11 is 4.20. The highest BCUT2D eigenvalue weighted by atomic mass is 79.9. The smallest absolute Gasteiger partial charge is 0.295 e. The van der Waals surface area contributed by atoms with Crippen molar-refractivity contribution < 1.29 is 21.8 Å². The predicted molar refractivity (Wildman–Crippen MR) is 73.9 cm³/mol. The van der Waals surface area contributed by atoms with E-state index in [-0.39, 0.29) is 27.3 Å². The molecule has 0 saturated carbocycles. The zero-order valence-corrected chi connectivity index (χ0v) is 13.0. The number of aromatic nitrogens is 2. The molecule has 20 heavy (non-hydrogen) atoms. The Labute approximate surface area is 126 Å². The summed E-state index contributed by atoms with van der Waals surface area (Å²) in [5.74, 6) is 0.0888. The van der Waals surface area contributed by atoms with Crippen molar-refractivity contribution in [1.29, 1.82) is 0 Å². The lowest BCUT2D eigenvalue weighted by molar-refractivity contribution is 0.460. The van der Waals surface area contributed by atoms with Gasteiger partial charge in [-0.1, -0.05) is 27.7 Å². The van der Waals surface area contributed by atoms with Crippen LogP contribution in [-0.4, -0.2) is 35.6 Å². The van der Waals surface area contributed by atoms with Crippen molar-refractivity contribution in [3.8, 4) is 11.5 Å². The molecule has 0 bridgehead atoms. The number of rotatable bonds is 5. The highest BCUT2D eigenvalue weighted by Crippen LogP contribution is 2.31. The van der Waals surface area contributed by atoms with Crippen LogP contribution in [0.25, 0.3) is 11.5 Å². The van der Waals surface area contributed by atoms with Crippen molar-refractivity contribution >= 4 is 37.8 Å².